The zero-order valence-electron chi connectivity index (χ0n) is 15.2. The van der Waals surface area contributed by atoms with E-state index in [1.807, 2.05) is 29.5 Å². The van der Waals surface area contributed by atoms with Crippen LogP contribution in [0, 0.1) is 9.39 Å². The minimum absolute atomic E-state index is 0.137. The Morgan fingerprint density at radius 1 is 1.44 bits per heavy atom. The average Bonchev–Trinajstić information content (AvgIpc) is 2.63. The van der Waals surface area contributed by atoms with Crippen molar-refractivity contribution in [3.63, 3.8) is 0 Å². The number of anilines is 2. The normalized spacial score (nSPS) is 16.6. The number of benzene rings is 1. The third-order valence-electron chi connectivity index (χ3n) is 4.98. The molecule has 1 aliphatic heterocycles. The molecule has 0 aliphatic carbocycles. The lowest BCUT2D eigenvalue weighted by Gasteiger charge is -2.52. The second kappa shape index (κ2) is 8.07. The number of carbonyl (C=O) groups excluding carboxylic acids is 1. The SMILES string of the molecule is CC[C@H](N)C1(OC)CN(C(=O)c2ccncc2Nc2ccc(I)cc2F)C1. The predicted molar refractivity (Wildman–Crippen MR) is 111 cm³/mol. The van der Waals surface area contributed by atoms with Gasteiger partial charge in [0.05, 0.1) is 36.2 Å². The van der Waals surface area contributed by atoms with Crippen molar-refractivity contribution < 1.29 is 13.9 Å². The van der Waals surface area contributed by atoms with Crippen LogP contribution in [0.15, 0.2) is 36.7 Å². The number of rotatable bonds is 6. The molecule has 2 aromatic rings. The summed E-state index contributed by atoms with van der Waals surface area (Å²) in [7, 11) is 1.62. The maximum Gasteiger partial charge on any atom is 0.256 e. The Labute approximate surface area is 171 Å². The van der Waals surface area contributed by atoms with Gasteiger partial charge in [0.15, 0.2) is 0 Å². The molecule has 144 valence electrons. The minimum atomic E-state index is -0.507. The molecule has 0 spiro atoms. The lowest BCUT2D eigenvalue weighted by Crippen LogP contribution is -2.71. The molecule has 1 amide bonds. The second-order valence-corrected chi connectivity index (χ2v) is 7.86. The number of halogens is 2. The summed E-state index contributed by atoms with van der Waals surface area (Å²) >= 11 is 2.04. The van der Waals surface area contributed by atoms with Gasteiger partial charge in [0.1, 0.15) is 11.4 Å². The monoisotopic (exact) mass is 484 g/mol. The van der Waals surface area contributed by atoms with E-state index in [-0.39, 0.29) is 17.8 Å². The maximum absolute atomic E-state index is 14.2. The summed E-state index contributed by atoms with van der Waals surface area (Å²) in [6.45, 7) is 2.85. The Kier molecular flexibility index (Phi) is 5.97. The van der Waals surface area contributed by atoms with Crippen molar-refractivity contribution in [2.75, 3.05) is 25.5 Å². The van der Waals surface area contributed by atoms with Crippen LogP contribution in [0.25, 0.3) is 0 Å². The van der Waals surface area contributed by atoms with Gasteiger partial charge in [0, 0.05) is 22.9 Å². The van der Waals surface area contributed by atoms with Crippen LogP contribution in [-0.4, -0.2) is 47.6 Å². The first-order valence-corrected chi connectivity index (χ1v) is 9.74. The summed E-state index contributed by atoms with van der Waals surface area (Å²) in [4.78, 5) is 18.7. The largest absolute Gasteiger partial charge is 0.373 e. The number of nitrogens with two attached hydrogens (primary N) is 1. The molecule has 3 N–H and O–H groups in total. The fourth-order valence-corrected chi connectivity index (χ4v) is 3.67. The van der Waals surface area contributed by atoms with Crippen LogP contribution in [0.2, 0.25) is 0 Å². The van der Waals surface area contributed by atoms with Gasteiger partial charge in [-0.25, -0.2) is 4.39 Å². The molecule has 1 aromatic heterocycles. The number of likely N-dealkylation sites (tertiary alicyclic amines) is 1. The Bertz CT molecular complexity index is 842. The van der Waals surface area contributed by atoms with Crippen molar-refractivity contribution >= 4 is 39.9 Å². The van der Waals surface area contributed by atoms with Crippen LogP contribution in [0.3, 0.4) is 0 Å². The van der Waals surface area contributed by atoms with Crippen LogP contribution >= 0.6 is 22.6 Å². The van der Waals surface area contributed by atoms with Crippen molar-refractivity contribution in [2.24, 2.45) is 5.73 Å². The van der Waals surface area contributed by atoms with Gasteiger partial charge < -0.3 is 20.7 Å². The molecule has 1 saturated heterocycles. The van der Waals surface area contributed by atoms with E-state index in [9.17, 15) is 9.18 Å². The van der Waals surface area contributed by atoms with E-state index in [2.05, 4.69) is 10.3 Å². The van der Waals surface area contributed by atoms with E-state index >= 15 is 0 Å². The van der Waals surface area contributed by atoms with Crippen LogP contribution in [0.5, 0.6) is 0 Å². The molecule has 0 saturated carbocycles. The van der Waals surface area contributed by atoms with E-state index in [1.54, 1.807) is 36.4 Å². The Balaban J connectivity index is 1.79. The van der Waals surface area contributed by atoms with E-state index in [1.165, 1.54) is 12.3 Å². The van der Waals surface area contributed by atoms with E-state index in [4.69, 9.17) is 10.5 Å². The van der Waals surface area contributed by atoms with Crippen molar-refractivity contribution in [1.82, 2.24) is 9.88 Å². The Hall–Kier alpha value is -1.78. The lowest BCUT2D eigenvalue weighted by atomic mass is 9.84. The van der Waals surface area contributed by atoms with Gasteiger partial charge >= 0.3 is 0 Å². The number of amides is 1. The van der Waals surface area contributed by atoms with Gasteiger partial charge in [-0.1, -0.05) is 6.92 Å². The summed E-state index contributed by atoms with van der Waals surface area (Å²) in [5, 5.41) is 2.98. The topological polar surface area (TPSA) is 80.5 Å². The molecule has 0 bridgehead atoms. The van der Waals surface area contributed by atoms with Crippen LogP contribution < -0.4 is 11.1 Å². The number of nitrogens with zero attached hydrogens (tertiary/aromatic N) is 2. The van der Waals surface area contributed by atoms with Gasteiger partial charge in [-0.05, 0) is 53.3 Å². The summed E-state index contributed by atoms with van der Waals surface area (Å²) in [5.41, 5.74) is 6.83. The smallest absolute Gasteiger partial charge is 0.256 e. The summed E-state index contributed by atoms with van der Waals surface area (Å²) < 4.78 is 20.6. The van der Waals surface area contributed by atoms with Gasteiger partial charge in [0.2, 0.25) is 0 Å². The summed E-state index contributed by atoms with van der Waals surface area (Å²) in [5.74, 6) is -0.554. The zero-order valence-corrected chi connectivity index (χ0v) is 17.4. The number of nitrogens with one attached hydrogen (secondary N) is 1. The van der Waals surface area contributed by atoms with Gasteiger partial charge in [-0.3, -0.25) is 9.78 Å². The first-order valence-electron chi connectivity index (χ1n) is 8.66. The Morgan fingerprint density at radius 2 is 2.19 bits per heavy atom. The van der Waals surface area contributed by atoms with E-state index < -0.39 is 5.60 Å². The highest BCUT2D eigenvalue weighted by Gasteiger charge is 2.49. The minimum Gasteiger partial charge on any atom is -0.373 e. The standard InChI is InChI=1S/C19H22FIN4O2/c1-3-17(22)19(27-2)10-25(11-19)18(26)13-6-7-23-9-16(13)24-15-5-4-12(21)8-14(15)20/h4-9,17,24H,3,10-11,22H2,1-2H3/t17-/m0/s1. The fraction of sp³-hybridized carbons (Fsp3) is 0.368. The average molecular weight is 484 g/mol. The molecule has 0 radical (unpaired) electrons. The fourth-order valence-electron chi connectivity index (χ4n) is 3.22. The molecular weight excluding hydrogens is 462 g/mol. The van der Waals surface area contributed by atoms with Crippen LogP contribution in [0.1, 0.15) is 23.7 Å². The van der Waals surface area contributed by atoms with Crippen molar-refractivity contribution in [3.05, 3.63) is 51.6 Å². The third kappa shape index (κ3) is 3.92. The molecule has 2 heterocycles. The van der Waals surface area contributed by atoms with Gasteiger partial charge in [-0.15, -0.1) is 0 Å². The number of methoxy groups -OCH3 is 1. The molecule has 0 unspecified atom stereocenters. The number of carbonyl (C=O) groups is 1. The van der Waals surface area contributed by atoms with E-state index in [0.29, 0.717) is 30.0 Å². The van der Waals surface area contributed by atoms with E-state index in [0.717, 1.165) is 9.99 Å². The lowest BCUT2D eigenvalue weighted by molar-refractivity contribution is -0.123. The van der Waals surface area contributed by atoms with Gasteiger partial charge in [-0.2, -0.15) is 0 Å². The highest BCUT2D eigenvalue weighted by Crippen LogP contribution is 2.32. The molecular formula is C19H22FIN4O2. The first kappa shape index (κ1) is 20.0. The maximum atomic E-state index is 14.2. The number of pyridine rings is 1. The predicted octanol–water partition coefficient (Wildman–Crippen LogP) is 3.15. The molecule has 1 atom stereocenters. The molecule has 1 fully saturated rings. The highest BCUT2D eigenvalue weighted by atomic mass is 127. The molecule has 3 rings (SSSR count). The summed E-state index contributed by atoms with van der Waals surface area (Å²) in [6, 6.07) is 6.34. The first-order chi connectivity index (χ1) is 12.9. The number of ether oxygens (including phenoxy) is 1. The van der Waals surface area contributed by atoms with Crippen LogP contribution in [-0.2, 0) is 4.74 Å². The highest BCUT2D eigenvalue weighted by molar-refractivity contribution is 14.1. The third-order valence-corrected chi connectivity index (χ3v) is 5.65. The van der Waals surface area contributed by atoms with Crippen LogP contribution in [0.4, 0.5) is 15.8 Å². The quantitative estimate of drug-likeness (QED) is 0.616. The van der Waals surface area contributed by atoms with Crippen molar-refractivity contribution in [3.8, 4) is 0 Å². The second-order valence-electron chi connectivity index (χ2n) is 6.62. The Morgan fingerprint density at radius 3 is 2.81 bits per heavy atom. The molecule has 27 heavy (non-hydrogen) atoms. The van der Waals surface area contributed by atoms with Crippen molar-refractivity contribution in [2.45, 2.75) is 25.0 Å². The number of hydrogen-bond donors (Lipinski definition) is 2. The molecule has 1 aliphatic rings. The van der Waals surface area contributed by atoms with Crippen molar-refractivity contribution in [1.29, 1.82) is 0 Å². The number of aromatic nitrogens is 1. The molecule has 8 heteroatoms. The zero-order chi connectivity index (χ0) is 19.6. The number of hydrogen-bond acceptors (Lipinski definition) is 5. The van der Waals surface area contributed by atoms with Gasteiger partial charge in [0.25, 0.3) is 5.91 Å². The molecule has 1 aromatic carbocycles. The summed E-state index contributed by atoms with van der Waals surface area (Å²) in [6.07, 6.45) is 3.83. The molecule has 6 nitrogen and oxygen atoms in total.